The zero-order valence-corrected chi connectivity index (χ0v) is 10.5. The van der Waals surface area contributed by atoms with Crippen molar-refractivity contribution < 1.29 is 23.8 Å². The average Bonchev–Trinajstić information content (AvgIpc) is 2.27. The third kappa shape index (κ3) is 13.0. The molecule has 17 heavy (non-hydrogen) atoms. The Balaban J connectivity index is 3.08. The van der Waals surface area contributed by atoms with Gasteiger partial charge in [-0.1, -0.05) is 0 Å². The van der Waals surface area contributed by atoms with Gasteiger partial charge in [-0.25, -0.2) is 0 Å². The Morgan fingerprint density at radius 1 is 1.06 bits per heavy atom. The number of hydrogen-bond donors (Lipinski definition) is 1. The molecule has 1 N–H and O–H groups in total. The minimum absolute atomic E-state index is 0.0636. The van der Waals surface area contributed by atoms with Crippen molar-refractivity contribution in [2.75, 3.05) is 46.7 Å². The summed E-state index contributed by atoms with van der Waals surface area (Å²) in [7, 11) is 1.47. The summed E-state index contributed by atoms with van der Waals surface area (Å²) >= 11 is 0. The fraction of sp³-hybridized carbons (Fsp3) is 0.818. The second kappa shape index (κ2) is 11.5. The molecule has 0 radical (unpaired) electrons. The van der Waals surface area contributed by atoms with Crippen LogP contribution in [0.1, 0.15) is 13.3 Å². The van der Waals surface area contributed by atoms with Crippen LogP contribution >= 0.6 is 0 Å². The van der Waals surface area contributed by atoms with Gasteiger partial charge in [0.25, 0.3) is 0 Å². The number of carbonyl (C=O) groups excluding carboxylic acids is 2. The molecule has 0 aliphatic heterocycles. The lowest BCUT2D eigenvalue weighted by atomic mass is 10.3. The van der Waals surface area contributed by atoms with Gasteiger partial charge in [0.2, 0.25) is 5.91 Å². The van der Waals surface area contributed by atoms with E-state index in [0.717, 1.165) is 0 Å². The van der Waals surface area contributed by atoms with Crippen molar-refractivity contribution in [1.82, 2.24) is 5.32 Å². The SMILES string of the molecule is COCC(=O)NCCOCCOCCC(C)=O. The van der Waals surface area contributed by atoms with Crippen molar-refractivity contribution in [2.24, 2.45) is 0 Å². The third-order valence-corrected chi connectivity index (χ3v) is 1.81. The molecule has 0 heterocycles. The van der Waals surface area contributed by atoms with E-state index in [-0.39, 0.29) is 18.3 Å². The molecule has 0 aromatic carbocycles. The molecule has 0 bridgehead atoms. The zero-order valence-electron chi connectivity index (χ0n) is 10.5. The number of carbonyl (C=O) groups is 2. The minimum Gasteiger partial charge on any atom is -0.379 e. The number of methoxy groups -OCH3 is 1. The number of ether oxygens (including phenoxy) is 3. The number of Topliss-reactive ketones (excluding diaryl/α,β-unsaturated/α-hetero) is 1. The van der Waals surface area contributed by atoms with Gasteiger partial charge in [0.05, 0.1) is 26.4 Å². The maximum Gasteiger partial charge on any atom is 0.246 e. The maximum atomic E-state index is 10.9. The number of hydrogen-bond acceptors (Lipinski definition) is 5. The Morgan fingerprint density at radius 2 is 1.71 bits per heavy atom. The van der Waals surface area contributed by atoms with Gasteiger partial charge in [-0.3, -0.25) is 9.59 Å². The summed E-state index contributed by atoms with van der Waals surface area (Å²) in [6.07, 6.45) is 0.438. The fourth-order valence-corrected chi connectivity index (χ4v) is 0.983. The van der Waals surface area contributed by atoms with Crippen LogP contribution in [0, 0.1) is 0 Å². The minimum atomic E-state index is -0.159. The van der Waals surface area contributed by atoms with Crippen LogP contribution in [-0.4, -0.2) is 58.4 Å². The molecular weight excluding hydrogens is 226 g/mol. The molecule has 0 spiro atoms. The molecule has 0 aromatic rings. The standard InChI is InChI=1S/C11H21NO5/c1-10(13)3-5-16-7-8-17-6-4-12-11(14)9-15-2/h3-9H2,1-2H3,(H,12,14). The van der Waals surface area contributed by atoms with Gasteiger partial charge in [0.15, 0.2) is 0 Å². The van der Waals surface area contributed by atoms with Gasteiger partial charge in [0, 0.05) is 20.1 Å². The lowest BCUT2D eigenvalue weighted by Crippen LogP contribution is -2.30. The van der Waals surface area contributed by atoms with Crippen LogP contribution in [0.5, 0.6) is 0 Å². The second-order valence-corrected chi connectivity index (χ2v) is 3.46. The van der Waals surface area contributed by atoms with Gasteiger partial charge in [-0.05, 0) is 6.92 Å². The van der Waals surface area contributed by atoms with Crippen LogP contribution in [0.2, 0.25) is 0 Å². The summed E-state index contributed by atoms with van der Waals surface area (Å²) < 4.78 is 15.0. The van der Waals surface area contributed by atoms with E-state index in [0.29, 0.717) is 39.4 Å². The zero-order chi connectivity index (χ0) is 12.9. The molecule has 0 rings (SSSR count). The Morgan fingerprint density at radius 3 is 2.29 bits per heavy atom. The summed E-state index contributed by atoms with van der Waals surface area (Å²) in [5, 5.41) is 2.63. The monoisotopic (exact) mass is 247 g/mol. The molecule has 0 atom stereocenters. The molecule has 0 saturated heterocycles. The highest BCUT2D eigenvalue weighted by Gasteiger charge is 1.98. The van der Waals surface area contributed by atoms with Crippen molar-refractivity contribution in [3.8, 4) is 0 Å². The van der Waals surface area contributed by atoms with E-state index in [1.807, 2.05) is 0 Å². The molecule has 0 aliphatic carbocycles. The molecule has 1 amide bonds. The summed E-state index contributed by atoms with van der Waals surface area (Å²) in [5.41, 5.74) is 0. The predicted molar refractivity (Wildman–Crippen MR) is 61.8 cm³/mol. The summed E-state index contributed by atoms with van der Waals surface area (Å²) in [6, 6.07) is 0. The topological polar surface area (TPSA) is 73.9 Å². The Hall–Kier alpha value is -0.980. The van der Waals surface area contributed by atoms with E-state index in [2.05, 4.69) is 10.1 Å². The highest BCUT2D eigenvalue weighted by Crippen LogP contribution is 1.85. The largest absolute Gasteiger partial charge is 0.379 e. The Kier molecular flexibility index (Phi) is 10.8. The normalized spacial score (nSPS) is 10.2. The average molecular weight is 247 g/mol. The van der Waals surface area contributed by atoms with Crippen LogP contribution < -0.4 is 5.32 Å². The van der Waals surface area contributed by atoms with Crippen LogP contribution in [0.3, 0.4) is 0 Å². The molecular formula is C11H21NO5. The van der Waals surface area contributed by atoms with E-state index in [4.69, 9.17) is 9.47 Å². The summed E-state index contributed by atoms with van der Waals surface area (Å²) in [6.45, 7) is 3.83. The lowest BCUT2D eigenvalue weighted by molar-refractivity contribution is -0.125. The van der Waals surface area contributed by atoms with Gasteiger partial charge >= 0.3 is 0 Å². The van der Waals surface area contributed by atoms with Gasteiger partial charge in [-0.2, -0.15) is 0 Å². The van der Waals surface area contributed by atoms with Crippen molar-refractivity contribution in [3.05, 3.63) is 0 Å². The molecule has 0 aliphatic rings. The molecule has 100 valence electrons. The first-order chi connectivity index (χ1) is 8.16. The van der Waals surface area contributed by atoms with Crippen LogP contribution in [0.4, 0.5) is 0 Å². The van der Waals surface area contributed by atoms with E-state index >= 15 is 0 Å². The first-order valence-electron chi connectivity index (χ1n) is 5.57. The van der Waals surface area contributed by atoms with Crippen molar-refractivity contribution in [1.29, 1.82) is 0 Å². The van der Waals surface area contributed by atoms with Gasteiger partial charge < -0.3 is 19.5 Å². The van der Waals surface area contributed by atoms with Crippen molar-refractivity contribution in [2.45, 2.75) is 13.3 Å². The molecule has 0 aromatic heterocycles. The van der Waals surface area contributed by atoms with E-state index < -0.39 is 0 Å². The molecule has 6 heteroatoms. The highest BCUT2D eigenvalue weighted by molar-refractivity contribution is 5.77. The first kappa shape index (κ1) is 16.0. The molecule has 0 fully saturated rings. The molecule has 0 saturated carbocycles. The van der Waals surface area contributed by atoms with Crippen molar-refractivity contribution >= 4 is 11.7 Å². The number of amides is 1. The van der Waals surface area contributed by atoms with E-state index in [9.17, 15) is 9.59 Å². The number of ketones is 1. The first-order valence-corrected chi connectivity index (χ1v) is 5.57. The van der Waals surface area contributed by atoms with Crippen molar-refractivity contribution in [3.63, 3.8) is 0 Å². The van der Waals surface area contributed by atoms with Crippen LogP contribution in [-0.2, 0) is 23.8 Å². The van der Waals surface area contributed by atoms with E-state index in [1.165, 1.54) is 14.0 Å². The maximum absolute atomic E-state index is 10.9. The molecule has 0 unspecified atom stereocenters. The smallest absolute Gasteiger partial charge is 0.246 e. The predicted octanol–water partition coefficient (Wildman–Crippen LogP) is -0.239. The summed E-state index contributed by atoms with van der Waals surface area (Å²) in [4.78, 5) is 21.5. The van der Waals surface area contributed by atoms with Gasteiger partial charge in [-0.15, -0.1) is 0 Å². The highest BCUT2D eigenvalue weighted by atomic mass is 16.5. The number of nitrogens with one attached hydrogen (secondary N) is 1. The Labute approximate surface area is 102 Å². The van der Waals surface area contributed by atoms with E-state index in [1.54, 1.807) is 0 Å². The Bertz CT molecular complexity index is 220. The summed E-state index contributed by atoms with van der Waals surface area (Å²) in [5.74, 6) is -0.0411. The second-order valence-electron chi connectivity index (χ2n) is 3.46. The lowest BCUT2D eigenvalue weighted by Gasteiger charge is -2.06. The van der Waals surface area contributed by atoms with Crippen LogP contribution in [0.15, 0.2) is 0 Å². The molecule has 6 nitrogen and oxygen atoms in total. The van der Waals surface area contributed by atoms with Crippen LogP contribution in [0.25, 0.3) is 0 Å². The number of rotatable bonds is 11. The third-order valence-electron chi connectivity index (χ3n) is 1.81. The quantitative estimate of drug-likeness (QED) is 0.510. The van der Waals surface area contributed by atoms with Gasteiger partial charge in [0.1, 0.15) is 12.4 Å². The fourth-order valence-electron chi connectivity index (χ4n) is 0.983.